The second kappa shape index (κ2) is 6.39. The molecule has 0 saturated carbocycles. The first-order valence-electron chi connectivity index (χ1n) is 6.82. The molecule has 1 heterocycles. The third kappa shape index (κ3) is 3.14. The van der Waals surface area contributed by atoms with Crippen molar-refractivity contribution in [2.45, 2.75) is 20.4 Å². The molecule has 0 N–H and O–H groups in total. The van der Waals surface area contributed by atoms with Crippen molar-refractivity contribution in [1.29, 1.82) is 0 Å². The predicted octanol–water partition coefficient (Wildman–Crippen LogP) is 2.19. The Kier molecular flexibility index (Phi) is 4.56. The molecule has 0 spiro atoms. The summed E-state index contributed by atoms with van der Waals surface area (Å²) in [4.78, 5) is 35.4. The summed E-state index contributed by atoms with van der Waals surface area (Å²) in [5.41, 5.74) is 1.80. The molecule has 0 bridgehead atoms. The Bertz CT molecular complexity index is 789. The van der Waals surface area contributed by atoms with Crippen LogP contribution in [0.15, 0.2) is 41.2 Å². The van der Waals surface area contributed by atoms with Gasteiger partial charge in [0.25, 0.3) is 5.56 Å². The van der Waals surface area contributed by atoms with Gasteiger partial charge in [-0.3, -0.25) is 9.59 Å². The van der Waals surface area contributed by atoms with Crippen LogP contribution < -0.4 is 5.56 Å². The number of hydrogen-bond donors (Lipinski definition) is 0. The first kappa shape index (κ1) is 15.7. The molecule has 0 atom stereocenters. The number of carbonyl (C=O) groups excluding carboxylic acids is 2. The summed E-state index contributed by atoms with van der Waals surface area (Å²) < 4.78 is 6.21. The minimum absolute atomic E-state index is 0.162. The fourth-order valence-corrected chi connectivity index (χ4v) is 2.23. The molecular weight excluding hydrogens is 282 g/mol. The lowest BCUT2D eigenvalue weighted by Gasteiger charge is -2.12. The molecule has 1 aromatic heterocycles. The number of esters is 1. The van der Waals surface area contributed by atoms with Crippen LogP contribution in [-0.2, 0) is 11.3 Å². The maximum Gasteiger partial charge on any atom is 0.337 e. The van der Waals surface area contributed by atoms with Crippen LogP contribution in [0.2, 0.25) is 0 Å². The van der Waals surface area contributed by atoms with E-state index in [0.29, 0.717) is 5.56 Å². The van der Waals surface area contributed by atoms with E-state index < -0.39 is 5.97 Å². The number of hydrogen-bond acceptors (Lipinski definition) is 4. The third-order valence-electron chi connectivity index (χ3n) is 3.46. The summed E-state index contributed by atoms with van der Waals surface area (Å²) in [5, 5.41) is 0. The molecule has 0 fully saturated rings. The second-order valence-corrected chi connectivity index (χ2v) is 5.03. The first-order valence-corrected chi connectivity index (χ1v) is 6.82. The van der Waals surface area contributed by atoms with Gasteiger partial charge in [-0.1, -0.05) is 12.1 Å². The SMILES string of the molecule is COC(=O)c1cccc(Cn2c(C)ccc(C(C)=O)c2=O)c1. The van der Waals surface area contributed by atoms with Gasteiger partial charge in [0.15, 0.2) is 5.78 Å². The van der Waals surface area contributed by atoms with E-state index in [-0.39, 0.29) is 23.5 Å². The normalized spacial score (nSPS) is 10.3. The largest absolute Gasteiger partial charge is 0.465 e. The van der Waals surface area contributed by atoms with E-state index in [1.54, 1.807) is 37.3 Å². The van der Waals surface area contributed by atoms with E-state index in [0.717, 1.165) is 11.3 Å². The van der Waals surface area contributed by atoms with Crippen molar-refractivity contribution >= 4 is 11.8 Å². The lowest BCUT2D eigenvalue weighted by Crippen LogP contribution is -2.27. The van der Waals surface area contributed by atoms with Gasteiger partial charge in [0, 0.05) is 5.69 Å². The van der Waals surface area contributed by atoms with E-state index in [1.165, 1.54) is 18.6 Å². The monoisotopic (exact) mass is 299 g/mol. The Morgan fingerprint density at radius 2 is 1.91 bits per heavy atom. The van der Waals surface area contributed by atoms with E-state index in [9.17, 15) is 14.4 Å². The molecule has 0 aliphatic rings. The average molecular weight is 299 g/mol. The predicted molar refractivity (Wildman–Crippen MR) is 82.3 cm³/mol. The molecule has 2 aromatic rings. The Morgan fingerprint density at radius 1 is 1.18 bits per heavy atom. The van der Waals surface area contributed by atoms with Crippen LogP contribution in [0.1, 0.15) is 38.9 Å². The maximum atomic E-state index is 12.4. The molecular formula is C17H17NO4. The highest BCUT2D eigenvalue weighted by Gasteiger charge is 2.11. The molecule has 0 unspecified atom stereocenters. The molecule has 0 aliphatic heterocycles. The average Bonchev–Trinajstić information content (AvgIpc) is 2.50. The molecule has 22 heavy (non-hydrogen) atoms. The number of aromatic nitrogens is 1. The fourth-order valence-electron chi connectivity index (χ4n) is 2.23. The number of ketones is 1. The number of rotatable bonds is 4. The molecule has 2 rings (SSSR count). The van der Waals surface area contributed by atoms with Crippen molar-refractivity contribution in [3.05, 3.63) is 69.1 Å². The highest BCUT2D eigenvalue weighted by molar-refractivity contribution is 5.93. The number of aryl methyl sites for hydroxylation is 1. The summed E-state index contributed by atoms with van der Waals surface area (Å²) >= 11 is 0. The Balaban J connectivity index is 2.43. The second-order valence-electron chi connectivity index (χ2n) is 5.03. The number of nitrogens with zero attached hydrogens (tertiary/aromatic N) is 1. The molecule has 5 heteroatoms. The Hall–Kier alpha value is -2.69. The van der Waals surface area contributed by atoms with Gasteiger partial charge in [-0.2, -0.15) is 0 Å². The first-order chi connectivity index (χ1) is 10.4. The van der Waals surface area contributed by atoms with E-state index in [4.69, 9.17) is 0 Å². The zero-order valence-electron chi connectivity index (χ0n) is 12.8. The van der Waals surface area contributed by atoms with Crippen molar-refractivity contribution in [1.82, 2.24) is 4.57 Å². The summed E-state index contributed by atoms with van der Waals surface area (Å²) in [6.45, 7) is 3.46. The summed E-state index contributed by atoms with van der Waals surface area (Å²) in [6, 6.07) is 10.2. The van der Waals surface area contributed by atoms with Gasteiger partial charge in [0.1, 0.15) is 0 Å². The van der Waals surface area contributed by atoms with Gasteiger partial charge in [-0.25, -0.2) is 4.79 Å². The standard InChI is InChI=1S/C17H17NO4/c1-11-7-8-15(12(2)19)16(20)18(11)10-13-5-4-6-14(9-13)17(21)22-3/h4-9H,10H2,1-3H3. The maximum absolute atomic E-state index is 12.4. The topological polar surface area (TPSA) is 65.4 Å². The van der Waals surface area contributed by atoms with Gasteiger partial charge >= 0.3 is 5.97 Å². The number of ether oxygens (including phenoxy) is 1. The highest BCUT2D eigenvalue weighted by atomic mass is 16.5. The number of Topliss-reactive ketones (excluding diaryl/α,β-unsaturated/α-hetero) is 1. The summed E-state index contributed by atoms with van der Waals surface area (Å²) in [5.74, 6) is -0.689. The number of carbonyl (C=O) groups is 2. The minimum atomic E-state index is -0.427. The van der Waals surface area contributed by atoms with Crippen LogP contribution in [0, 0.1) is 6.92 Å². The van der Waals surface area contributed by atoms with Gasteiger partial charge < -0.3 is 9.30 Å². The zero-order chi connectivity index (χ0) is 16.3. The molecule has 5 nitrogen and oxygen atoms in total. The van der Waals surface area contributed by atoms with Crippen molar-refractivity contribution in [3.8, 4) is 0 Å². The lowest BCUT2D eigenvalue weighted by atomic mass is 10.1. The van der Waals surface area contributed by atoms with Crippen LogP contribution in [0.25, 0.3) is 0 Å². The number of pyridine rings is 1. The molecule has 114 valence electrons. The smallest absolute Gasteiger partial charge is 0.337 e. The Labute approximate surface area is 128 Å². The number of benzene rings is 1. The van der Waals surface area contributed by atoms with E-state index in [1.807, 2.05) is 6.07 Å². The van der Waals surface area contributed by atoms with E-state index in [2.05, 4.69) is 4.74 Å². The van der Waals surface area contributed by atoms with Crippen molar-refractivity contribution in [3.63, 3.8) is 0 Å². The van der Waals surface area contributed by atoms with Crippen molar-refractivity contribution in [2.24, 2.45) is 0 Å². The summed E-state index contributed by atoms with van der Waals surface area (Å²) in [6.07, 6.45) is 0. The van der Waals surface area contributed by atoms with Gasteiger partial charge in [0.05, 0.1) is 24.8 Å². The van der Waals surface area contributed by atoms with Crippen LogP contribution in [0.4, 0.5) is 0 Å². The molecule has 0 aliphatic carbocycles. The van der Waals surface area contributed by atoms with Gasteiger partial charge in [0.2, 0.25) is 0 Å². The lowest BCUT2D eigenvalue weighted by molar-refractivity contribution is 0.0600. The number of methoxy groups -OCH3 is 1. The van der Waals surface area contributed by atoms with Crippen molar-refractivity contribution in [2.75, 3.05) is 7.11 Å². The molecule has 0 radical (unpaired) electrons. The van der Waals surface area contributed by atoms with Crippen LogP contribution >= 0.6 is 0 Å². The quantitative estimate of drug-likeness (QED) is 0.641. The highest BCUT2D eigenvalue weighted by Crippen LogP contribution is 2.09. The molecule has 0 saturated heterocycles. The van der Waals surface area contributed by atoms with Crippen molar-refractivity contribution < 1.29 is 14.3 Å². The van der Waals surface area contributed by atoms with Gasteiger partial charge in [-0.05, 0) is 43.7 Å². The van der Waals surface area contributed by atoms with Gasteiger partial charge in [-0.15, -0.1) is 0 Å². The Morgan fingerprint density at radius 3 is 2.55 bits per heavy atom. The van der Waals surface area contributed by atoms with Crippen LogP contribution in [-0.4, -0.2) is 23.4 Å². The van der Waals surface area contributed by atoms with Crippen LogP contribution in [0.5, 0.6) is 0 Å². The summed E-state index contributed by atoms with van der Waals surface area (Å²) in [7, 11) is 1.32. The zero-order valence-corrected chi connectivity index (χ0v) is 12.8. The van der Waals surface area contributed by atoms with E-state index >= 15 is 0 Å². The van der Waals surface area contributed by atoms with Crippen LogP contribution in [0.3, 0.4) is 0 Å². The fraction of sp³-hybridized carbons (Fsp3) is 0.235. The molecule has 1 aromatic carbocycles. The molecule has 0 amide bonds. The third-order valence-corrected chi connectivity index (χ3v) is 3.46. The minimum Gasteiger partial charge on any atom is -0.465 e.